The van der Waals surface area contributed by atoms with Crippen LogP contribution in [0, 0.1) is 0 Å². The van der Waals surface area contributed by atoms with Crippen LogP contribution in [0.3, 0.4) is 0 Å². The molecule has 1 heterocycles. The third kappa shape index (κ3) is 8.96. The Bertz CT molecular complexity index is 1260. The van der Waals surface area contributed by atoms with Gasteiger partial charge in [-0.25, -0.2) is 4.79 Å². The lowest BCUT2D eigenvalue weighted by molar-refractivity contribution is -0.144. The van der Waals surface area contributed by atoms with Crippen molar-refractivity contribution in [1.29, 1.82) is 0 Å². The molecule has 1 aliphatic heterocycles. The first-order valence-corrected chi connectivity index (χ1v) is 15.3. The van der Waals surface area contributed by atoms with Gasteiger partial charge in [0.15, 0.2) is 0 Å². The Balaban J connectivity index is 1.74. The van der Waals surface area contributed by atoms with Gasteiger partial charge in [-0.3, -0.25) is 18.9 Å². The highest BCUT2D eigenvalue weighted by Gasteiger charge is 2.37. The molecule has 0 radical (unpaired) electrons. The summed E-state index contributed by atoms with van der Waals surface area (Å²) >= 11 is 0.797. The molecule has 4 amide bonds. The average Bonchev–Trinajstić information content (AvgIpc) is 2.90. The Morgan fingerprint density at radius 3 is 2.49 bits per heavy atom. The van der Waals surface area contributed by atoms with Gasteiger partial charge in [0.25, 0.3) is 0 Å². The molecule has 1 aliphatic rings. The van der Waals surface area contributed by atoms with Crippen LogP contribution < -0.4 is 16.4 Å². The van der Waals surface area contributed by atoms with Gasteiger partial charge in [0, 0.05) is 18.7 Å². The SMILES string of the molecule is COC(=O)N[C@@H](CSCP(=O)(O)O)C(=O)N1CCCC[C@H]1C(=O)N[C@@H](Cc1ccc2ccccc2c1)C(N)=O. The number of fused-ring (bicyclic) bond motifs is 1. The molecule has 39 heavy (non-hydrogen) atoms. The van der Waals surface area contributed by atoms with Crippen molar-refractivity contribution < 1.29 is 38.3 Å². The molecule has 6 N–H and O–H groups in total. The lowest BCUT2D eigenvalue weighted by Gasteiger charge is -2.37. The van der Waals surface area contributed by atoms with Crippen LogP contribution in [0.25, 0.3) is 10.8 Å². The number of nitrogens with two attached hydrogens (primary N) is 1. The normalized spacial score (nSPS) is 17.2. The highest BCUT2D eigenvalue weighted by molar-refractivity contribution is 8.04. The summed E-state index contributed by atoms with van der Waals surface area (Å²) in [5, 5.41) is 7.09. The van der Waals surface area contributed by atoms with Crippen LogP contribution in [-0.4, -0.2) is 81.5 Å². The minimum Gasteiger partial charge on any atom is -0.453 e. The van der Waals surface area contributed by atoms with E-state index in [2.05, 4.69) is 15.4 Å². The summed E-state index contributed by atoms with van der Waals surface area (Å²) in [6.07, 6.45) is 0.882. The summed E-state index contributed by atoms with van der Waals surface area (Å²) in [6, 6.07) is 10.3. The Morgan fingerprint density at radius 1 is 1.10 bits per heavy atom. The van der Waals surface area contributed by atoms with Gasteiger partial charge < -0.3 is 35.8 Å². The molecule has 0 saturated carbocycles. The lowest BCUT2D eigenvalue weighted by atomic mass is 9.98. The maximum atomic E-state index is 13.4. The number of hydrogen-bond donors (Lipinski definition) is 5. The number of amides is 4. The van der Waals surface area contributed by atoms with E-state index >= 15 is 0 Å². The molecule has 14 heteroatoms. The number of piperidine rings is 1. The van der Waals surface area contributed by atoms with Crippen molar-refractivity contribution in [2.45, 2.75) is 43.8 Å². The summed E-state index contributed by atoms with van der Waals surface area (Å²) in [5.41, 5.74) is 5.88. The molecule has 0 aliphatic carbocycles. The minimum absolute atomic E-state index is 0.143. The number of nitrogens with zero attached hydrogens (tertiary/aromatic N) is 1. The zero-order valence-corrected chi connectivity index (χ0v) is 23.2. The predicted molar refractivity (Wildman–Crippen MR) is 147 cm³/mol. The van der Waals surface area contributed by atoms with Gasteiger partial charge in [0.1, 0.15) is 18.1 Å². The Hall–Kier alpha value is -3.12. The predicted octanol–water partition coefficient (Wildman–Crippen LogP) is 1.33. The highest BCUT2D eigenvalue weighted by Crippen LogP contribution is 2.38. The summed E-state index contributed by atoms with van der Waals surface area (Å²) in [7, 11) is -3.21. The van der Waals surface area contributed by atoms with Crippen LogP contribution in [-0.2, 0) is 30.1 Å². The Morgan fingerprint density at radius 2 is 1.82 bits per heavy atom. The van der Waals surface area contributed by atoms with Crippen LogP contribution in [0.1, 0.15) is 24.8 Å². The quantitative estimate of drug-likeness (QED) is 0.244. The number of nitrogens with one attached hydrogen (secondary N) is 2. The fraction of sp³-hybridized carbons (Fsp3) is 0.440. The maximum Gasteiger partial charge on any atom is 0.407 e. The van der Waals surface area contributed by atoms with Gasteiger partial charge in [-0.1, -0.05) is 42.5 Å². The molecule has 212 valence electrons. The number of alkyl carbamates (subject to hydrolysis) is 1. The first-order chi connectivity index (χ1) is 18.5. The molecule has 0 bridgehead atoms. The van der Waals surface area contributed by atoms with Gasteiger partial charge in [-0.05, 0) is 35.6 Å². The monoisotopic (exact) mass is 580 g/mol. The number of carbonyl (C=O) groups is 4. The number of thioether (sulfide) groups is 1. The van der Waals surface area contributed by atoms with Crippen molar-refractivity contribution in [2.24, 2.45) is 5.73 Å². The summed E-state index contributed by atoms with van der Waals surface area (Å²) in [4.78, 5) is 70.5. The molecule has 3 atom stereocenters. The van der Waals surface area contributed by atoms with Gasteiger partial charge in [-0.15, -0.1) is 11.8 Å². The van der Waals surface area contributed by atoms with Crippen LogP contribution >= 0.6 is 19.4 Å². The van der Waals surface area contributed by atoms with Crippen LogP contribution in [0.2, 0.25) is 0 Å². The fourth-order valence-corrected chi connectivity index (χ4v) is 6.26. The second kappa shape index (κ2) is 13.8. The Labute approximate surface area is 230 Å². The van der Waals surface area contributed by atoms with Crippen molar-refractivity contribution in [3.8, 4) is 0 Å². The molecule has 2 aromatic rings. The molecule has 0 spiro atoms. The van der Waals surface area contributed by atoms with Crippen molar-refractivity contribution in [1.82, 2.24) is 15.5 Å². The smallest absolute Gasteiger partial charge is 0.407 e. The van der Waals surface area contributed by atoms with E-state index in [1.165, 1.54) is 4.90 Å². The molecule has 3 rings (SSSR count). The molecule has 1 saturated heterocycles. The van der Waals surface area contributed by atoms with Gasteiger partial charge in [0.2, 0.25) is 17.7 Å². The lowest BCUT2D eigenvalue weighted by Crippen LogP contribution is -2.60. The Kier molecular flexibility index (Phi) is 10.8. The first kappa shape index (κ1) is 30.4. The fourth-order valence-electron chi connectivity index (χ4n) is 4.43. The standard InChI is InChI=1S/C25H33N4O8PS/c1-37-25(33)28-20(14-39-15-38(34,35)36)24(32)29-11-5-4-8-21(29)23(31)27-19(22(26)30)13-16-9-10-17-6-2-3-7-18(17)12-16/h2-3,6-7,9-10,12,19-21H,4-5,8,11,13-15H2,1H3,(H2,26,30)(H,27,31)(H,28,33)(H2,34,35,36)/t19-,20-,21-/m0/s1. The van der Waals surface area contributed by atoms with Crippen LogP contribution in [0.5, 0.6) is 0 Å². The minimum atomic E-state index is -4.34. The number of primary amides is 1. The van der Waals surface area contributed by atoms with Crippen molar-refractivity contribution in [3.63, 3.8) is 0 Å². The molecule has 0 unspecified atom stereocenters. The van der Waals surface area contributed by atoms with Crippen molar-refractivity contribution >= 4 is 53.9 Å². The number of benzene rings is 2. The number of carbonyl (C=O) groups excluding carboxylic acids is 4. The average molecular weight is 581 g/mol. The molecule has 1 fully saturated rings. The molecule has 0 aromatic heterocycles. The zero-order valence-electron chi connectivity index (χ0n) is 21.4. The third-order valence-electron chi connectivity index (χ3n) is 6.32. The number of likely N-dealkylation sites (tertiary alicyclic amines) is 1. The van der Waals surface area contributed by atoms with E-state index in [1.807, 2.05) is 42.5 Å². The van der Waals surface area contributed by atoms with E-state index in [-0.39, 0.29) is 18.7 Å². The number of rotatable bonds is 11. The summed E-state index contributed by atoms with van der Waals surface area (Å²) in [5.74, 6) is -2.00. The zero-order chi connectivity index (χ0) is 28.6. The van der Waals surface area contributed by atoms with Gasteiger partial charge >= 0.3 is 13.7 Å². The molecular weight excluding hydrogens is 547 g/mol. The number of hydrogen-bond acceptors (Lipinski definition) is 7. The van der Waals surface area contributed by atoms with Crippen molar-refractivity contribution in [2.75, 3.05) is 24.9 Å². The highest BCUT2D eigenvalue weighted by atomic mass is 32.2. The van der Waals surface area contributed by atoms with Gasteiger partial charge in [0.05, 0.1) is 12.6 Å². The van der Waals surface area contributed by atoms with E-state index in [9.17, 15) is 23.7 Å². The third-order valence-corrected chi connectivity index (χ3v) is 8.97. The number of ether oxygens (including phenoxy) is 1. The second-order valence-corrected chi connectivity index (χ2v) is 12.3. The van der Waals surface area contributed by atoms with Crippen molar-refractivity contribution in [3.05, 3.63) is 48.0 Å². The molecular formula is C25H33N4O8PS. The van der Waals surface area contributed by atoms with E-state index in [0.29, 0.717) is 19.3 Å². The second-order valence-electron chi connectivity index (χ2n) is 9.25. The van der Waals surface area contributed by atoms with Crippen LogP contribution in [0.15, 0.2) is 42.5 Å². The maximum absolute atomic E-state index is 13.4. The van der Waals surface area contributed by atoms with Crippen LogP contribution in [0.4, 0.5) is 4.79 Å². The number of methoxy groups -OCH3 is 1. The van der Waals surface area contributed by atoms with E-state index in [4.69, 9.17) is 15.5 Å². The largest absolute Gasteiger partial charge is 0.453 e. The topological polar surface area (TPSA) is 188 Å². The molecule has 2 aromatic carbocycles. The van der Waals surface area contributed by atoms with E-state index < -0.39 is 55.0 Å². The molecule has 12 nitrogen and oxygen atoms in total. The summed E-state index contributed by atoms with van der Waals surface area (Å²) < 4.78 is 15.8. The van der Waals surface area contributed by atoms with Gasteiger partial charge in [-0.2, -0.15) is 0 Å². The summed E-state index contributed by atoms with van der Waals surface area (Å²) in [6.45, 7) is 0.228. The van der Waals surface area contributed by atoms with E-state index in [1.54, 1.807) is 0 Å². The van der Waals surface area contributed by atoms with E-state index in [0.717, 1.165) is 35.2 Å². The first-order valence-electron chi connectivity index (χ1n) is 12.3.